The largest absolute Gasteiger partial charge is 0.466 e. The number of esters is 2. The molecule has 0 radical (unpaired) electrons. The summed E-state index contributed by atoms with van der Waals surface area (Å²) in [7, 11) is -3.20. The van der Waals surface area contributed by atoms with E-state index in [1.165, 1.54) is 26.3 Å². The zero-order valence-corrected chi connectivity index (χ0v) is 26.9. The normalized spacial score (nSPS) is 19.5. The molecule has 252 valence electrons. The molecule has 48 heavy (non-hydrogen) atoms. The Bertz CT molecular complexity index is 1950. The zero-order chi connectivity index (χ0) is 34.3. The third kappa shape index (κ3) is 8.54. The average Bonchev–Trinajstić information content (AvgIpc) is 3.46. The molecular formula is C33H34N3O11P. The smallest absolute Gasteiger partial charge is 0.459 e. The van der Waals surface area contributed by atoms with Gasteiger partial charge in [-0.1, -0.05) is 66.7 Å². The Balaban J connectivity index is 1.33. The number of aromatic amines is 1. The lowest BCUT2D eigenvalue weighted by molar-refractivity contribution is -0.146. The summed E-state index contributed by atoms with van der Waals surface area (Å²) in [6.45, 7) is 0.960. The highest BCUT2D eigenvalue weighted by atomic mass is 31.2. The Morgan fingerprint density at radius 2 is 1.83 bits per heavy atom. The number of nitrogens with zero attached hydrogens (tertiary/aromatic N) is 1. The summed E-state index contributed by atoms with van der Waals surface area (Å²) in [6.07, 6.45) is -0.0764. The predicted molar refractivity (Wildman–Crippen MR) is 174 cm³/mol. The van der Waals surface area contributed by atoms with Crippen LogP contribution in [-0.2, 0) is 39.5 Å². The van der Waals surface area contributed by atoms with Crippen LogP contribution in [0.15, 0.2) is 94.7 Å². The van der Waals surface area contributed by atoms with E-state index in [0.717, 1.165) is 21.6 Å². The fourth-order valence-corrected chi connectivity index (χ4v) is 6.43. The van der Waals surface area contributed by atoms with Crippen molar-refractivity contribution in [3.8, 4) is 5.75 Å². The molecule has 1 unspecified atom stereocenters. The first kappa shape index (κ1) is 34.5. The van der Waals surface area contributed by atoms with Crippen LogP contribution in [0.4, 0.5) is 0 Å². The van der Waals surface area contributed by atoms with Gasteiger partial charge in [-0.3, -0.25) is 23.7 Å². The number of carbonyl (C=O) groups excluding carboxylic acids is 2. The Kier molecular flexibility index (Phi) is 11.0. The maximum atomic E-state index is 14.3. The van der Waals surface area contributed by atoms with Crippen molar-refractivity contribution in [3.05, 3.63) is 117 Å². The number of methoxy groups -OCH3 is 1. The molecule has 1 saturated heterocycles. The topological polar surface area (TPSA) is 184 Å². The van der Waals surface area contributed by atoms with E-state index in [9.17, 15) is 28.8 Å². The number of aliphatic hydroxyl groups excluding tert-OH is 1. The third-order valence-electron chi connectivity index (χ3n) is 7.42. The number of nitrogens with one attached hydrogen (secondary N) is 2. The second kappa shape index (κ2) is 15.4. The van der Waals surface area contributed by atoms with Crippen molar-refractivity contribution in [1.82, 2.24) is 14.6 Å². The molecule has 0 amide bonds. The van der Waals surface area contributed by atoms with Crippen LogP contribution in [0.3, 0.4) is 0 Å². The van der Waals surface area contributed by atoms with Crippen molar-refractivity contribution >= 4 is 36.5 Å². The van der Waals surface area contributed by atoms with Gasteiger partial charge < -0.3 is 23.8 Å². The summed E-state index contributed by atoms with van der Waals surface area (Å²) >= 11 is 0. The molecule has 0 aliphatic carbocycles. The Morgan fingerprint density at radius 1 is 1.10 bits per heavy atom. The highest BCUT2D eigenvalue weighted by Gasteiger charge is 2.40. The number of benzene rings is 3. The van der Waals surface area contributed by atoms with Gasteiger partial charge in [0.1, 0.15) is 30.7 Å². The lowest BCUT2D eigenvalue weighted by atomic mass is 10.1. The van der Waals surface area contributed by atoms with E-state index in [1.807, 2.05) is 36.4 Å². The second-order valence-corrected chi connectivity index (χ2v) is 12.5. The van der Waals surface area contributed by atoms with E-state index in [0.29, 0.717) is 5.39 Å². The van der Waals surface area contributed by atoms with Crippen LogP contribution in [0.1, 0.15) is 30.7 Å². The molecule has 3 aromatic carbocycles. The molecule has 0 spiro atoms. The molecular weight excluding hydrogens is 645 g/mol. The molecule has 5 rings (SSSR count). The van der Waals surface area contributed by atoms with E-state index < -0.39 is 62.0 Å². The molecule has 2 heterocycles. The molecule has 1 fully saturated rings. The van der Waals surface area contributed by atoms with Gasteiger partial charge in [0, 0.05) is 24.1 Å². The van der Waals surface area contributed by atoms with Gasteiger partial charge in [-0.05, 0) is 30.0 Å². The van der Waals surface area contributed by atoms with Gasteiger partial charge in [-0.15, -0.1) is 0 Å². The Morgan fingerprint density at radius 3 is 2.60 bits per heavy atom. The molecule has 3 N–H and O–H groups in total. The molecule has 0 bridgehead atoms. The summed E-state index contributed by atoms with van der Waals surface area (Å²) < 4.78 is 42.9. The van der Waals surface area contributed by atoms with Crippen molar-refractivity contribution in [3.63, 3.8) is 0 Å². The number of ether oxygens (including phenoxy) is 3. The Labute approximate surface area is 274 Å². The SMILES string of the molecule is COC(=O)/C=C/c1cn([C@H]2C[C@H](O)[C@@H](COP(=O)(N[C@@H](C)C(=O)OCc3ccccc3)Oc3cccc4ccccc34)O2)c(=O)[nH]c1=O. The summed E-state index contributed by atoms with van der Waals surface area (Å²) in [5, 5.41) is 14.9. The molecule has 14 nitrogen and oxygen atoms in total. The standard InChI is InChI=1S/C33H34N3O11P/c1-21(32(40)44-19-22-9-4-3-5-10-22)35-48(42,47-27-14-8-12-23-11-6-7-13-25(23)27)45-20-28-26(37)17-29(46-28)36-18-24(15-16-30(38)43-2)31(39)34-33(36)41/h3-16,18,21,26,28-29,37H,17,19-20H2,1-2H3,(H,35,42)(H,34,39,41)/b16-15+/t21-,26-,28+,29+,48?/m0/s1. The molecule has 4 aromatic rings. The first-order valence-corrected chi connectivity index (χ1v) is 16.4. The third-order valence-corrected chi connectivity index (χ3v) is 9.05. The van der Waals surface area contributed by atoms with Crippen molar-refractivity contribution in [2.24, 2.45) is 0 Å². The number of aromatic nitrogens is 2. The number of H-pyrrole nitrogens is 1. The summed E-state index contributed by atoms with van der Waals surface area (Å²) in [4.78, 5) is 51.4. The van der Waals surface area contributed by atoms with Crippen LogP contribution >= 0.6 is 7.75 Å². The van der Waals surface area contributed by atoms with Crippen molar-refractivity contribution in [2.45, 2.75) is 44.4 Å². The summed E-state index contributed by atoms with van der Waals surface area (Å²) in [5.74, 6) is -1.21. The van der Waals surface area contributed by atoms with Gasteiger partial charge in [0.2, 0.25) is 0 Å². The van der Waals surface area contributed by atoms with E-state index in [1.54, 1.807) is 36.4 Å². The number of hydrogen-bond donors (Lipinski definition) is 3. The summed E-state index contributed by atoms with van der Waals surface area (Å²) in [6, 6.07) is 20.3. The quantitative estimate of drug-likeness (QED) is 0.106. The lowest BCUT2D eigenvalue weighted by Gasteiger charge is -2.25. The molecule has 0 saturated carbocycles. The number of rotatable bonds is 13. The van der Waals surface area contributed by atoms with Crippen molar-refractivity contribution < 1.29 is 42.5 Å². The first-order chi connectivity index (χ1) is 23.0. The van der Waals surface area contributed by atoms with E-state index >= 15 is 0 Å². The minimum Gasteiger partial charge on any atom is -0.466 e. The molecule has 5 atom stereocenters. The maximum Gasteiger partial charge on any atom is 0.459 e. The zero-order valence-electron chi connectivity index (χ0n) is 26.0. The number of aliphatic hydroxyl groups is 1. The number of hydrogen-bond acceptors (Lipinski definition) is 11. The number of fused-ring (bicyclic) bond motifs is 1. The predicted octanol–water partition coefficient (Wildman–Crippen LogP) is 3.45. The van der Waals surface area contributed by atoms with Gasteiger partial charge in [-0.25, -0.2) is 14.2 Å². The summed E-state index contributed by atoms with van der Waals surface area (Å²) in [5.41, 5.74) is -0.838. The van der Waals surface area contributed by atoms with Crippen LogP contribution in [0.5, 0.6) is 5.75 Å². The molecule has 1 aliphatic heterocycles. The van der Waals surface area contributed by atoms with Gasteiger partial charge in [0.15, 0.2) is 0 Å². The molecule has 15 heteroatoms. The van der Waals surface area contributed by atoms with Gasteiger partial charge >= 0.3 is 25.4 Å². The van der Waals surface area contributed by atoms with Gasteiger partial charge in [0.25, 0.3) is 5.56 Å². The maximum absolute atomic E-state index is 14.3. The van der Waals surface area contributed by atoms with E-state index in [2.05, 4.69) is 14.8 Å². The van der Waals surface area contributed by atoms with Crippen LogP contribution in [0.2, 0.25) is 0 Å². The fourth-order valence-electron chi connectivity index (χ4n) is 4.91. The fraction of sp³-hybridized carbons (Fsp3) is 0.273. The van der Waals surface area contributed by atoms with E-state index in [4.69, 9.17) is 18.5 Å². The van der Waals surface area contributed by atoms with Crippen LogP contribution in [0.25, 0.3) is 16.8 Å². The highest BCUT2D eigenvalue weighted by Crippen LogP contribution is 2.47. The van der Waals surface area contributed by atoms with Crippen LogP contribution in [0, 0.1) is 0 Å². The van der Waals surface area contributed by atoms with Crippen molar-refractivity contribution in [2.75, 3.05) is 13.7 Å². The monoisotopic (exact) mass is 679 g/mol. The lowest BCUT2D eigenvalue weighted by Crippen LogP contribution is -2.36. The van der Waals surface area contributed by atoms with Crippen molar-refractivity contribution in [1.29, 1.82) is 0 Å². The minimum atomic E-state index is -4.38. The highest BCUT2D eigenvalue weighted by molar-refractivity contribution is 7.52. The van der Waals surface area contributed by atoms with Gasteiger partial charge in [-0.2, -0.15) is 5.09 Å². The van der Waals surface area contributed by atoms with Crippen LogP contribution in [-0.4, -0.2) is 58.6 Å². The average molecular weight is 680 g/mol. The Hall–Kier alpha value is -4.85. The van der Waals surface area contributed by atoms with Gasteiger partial charge in [0.05, 0.1) is 25.4 Å². The first-order valence-electron chi connectivity index (χ1n) is 14.9. The number of carbonyl (C=O) groups is 2. The minimum absolute atomic E-state index is 0.00512. The molecule has 1 aromatic heterocycles. The second-order valence-electron chi connectivity index (χ2n) is 10.8. The molecule has 1 aliphatic rings. The van der Waals surface area contributed by atoms with E-state index in [-0.39, 0.29) is 24.3 Å². The van der Waals surface area contributed by atoms with Crippen LogP contribution < -0.4 is 20.9 Å².